The fraction of sp³-hybridized carbons (Fsp3) is 0.500. The number of piperidine rings is 1. The lowest BCUT2D eigenvalue weighted by Gasteiger charge is -2.47. The SMILES string of the molecule is Cn1ccnc1CN1CCC2(CC1)CN(Cc1ccccc1)C(=O)CO2. The number of aryl methyl sites for hydroxylation is 1. The van der Waals surface area contributed by atoms with Gasteiger partial charge in [-0.25, -0.2) is 4.98 Å². The van der Waals surface area contributed by atoms with Gasteiger partial charge in [0.05, 0.1) is 18.7 Å². The van der Waals surface area contributed by atoms with Gasteiger partial charge in [0.2, 0.25) is 5.91 Å². The highest BCUT2D eigenvalue weighted by atomic mass is 16.5. The van der Waals surface area contributed by atoms with Crippen LogP contribution in [0.1, 0.15) is 24.2 Å². The quantitative estimate of drug-likeness (QED) is 0.840. The molecule has 0 saturated carbocycles. The number of nitrogens with zero attached hydrogens (tertiary/aromatic N) is 4. The molecule has 6 nitrogen and oxygen atoms in total. The zero-order valence-electron chi connectivity index (χ0n) is 15.3. The second-order valence-electron chi connectivity index (χ2n) is 7.44. The normalized spacial score (nSPS) is 20.7. The fourth-order valence-electron chi connectivity index (χ4n) is 3.91. The van der Waals surface area contributed by atoms with Crippen molar-refractivity contribution in [2.75, 3.05) is 26.2 Å². The van der Waals surface area contributed by atoms with Crippen molar-refractivity contribution in [3.63, 3.8) is 0 Å². The van der Waals surface area contributed by atoms with Gasteiger partial charge in [0.15, 0.2) is 0 Å². The highest BCUT2D eigenvalue weighted by molar-refractivity contribution is 5.78. The first-order valence-corrected chi connectivity index (χ1v) is 9.28. The van der Waals surface area contributed by atoms with Gasteiger partial charge in [0.1, 0.15) is 12.4 Å². The van der Waals surface area contributed by atoms with Crippen LogP contribution in [0.4, 0.5) is 0 Å². The lowest BCUT2D eigenvalue weighted by atomic mass is 9.89. The van der Waals surface area contributed by atoms with E-state index in [9.17, 15) is 4.79 Å². The van der Waals surface area contributed by atoms with Crippen LogP contribution < -0.4 is 0 Å². The largest absolute Gasteiger partial charge is 0.363 e. The summed E-state index contributed by atoms with van der Waals surface area (Å²) in [7, 11) is 2.03. The molecule has 0 atom stereocenters. The van der Waals surface area contributed by atoms with Crippen LogP contribution in [0.5, 0.6) is 0 Å². The molecule has 0 radical (unpaired) electrons. The van der Waals surface area contributed by atoms with E-state index in [0.29, 0.717) is 13.1 Å². The van der Waals surface area contributed by atoms with Crippen molar-refractivity contribution in [3.05, 3.63) is 54.1 Å². The monoisotopic (exact) mass is 354 g/mol. The maximum absolute atomic E-state index is 12.3. The average Bonchev–Trinajstić information content (AvgIpc) is 3.06. The number of aromatic nitrogens is 2. The van der Waals surface area contributed by atoms with Crippen molar-refractivity contribution >= 4 is 5.91 Å². The molecular formula is C20H26N4O2. The number of imidazole rings is 1. The summed E-state index contributed by atoms with van der Waals surface area (Å²) in [4.78, 5) is 21.1. The molecule has 0 N–H and O–H groups in total. The molecule has 1 aromatic heterocycles. The summed E-state index contributed by atoms with van der Waals surface area (Å²) >= 11 is 0. The standard InChI is InChI=1S/C20H26N4O2/c1-22-12-9-21-18(22)14-23-10-7-20(8-11-23)16-24(19(25)15-26-20)13-17-5-3-2-4-6-17/h2-6,9,12H,7-8,10-11,13-16H2,1H3. The molecule has 6 heteroatoms. The molecule has 2 aliphatic rings. The van der Waals surface area contributed by atoms with Crippen LogP contribution in [0.15, 0.2) is 42.7 Å². The van der Waals surface area contributed by atoms with E-state index < -0.39 is 0 Å². The summed E-state index contributed by atoms with van der Waals surface area (Å²) in [6.07, 6.45) is 5.74. The van der Waals surface area contributed by atoms with Gasteiger partial charge in [-0.15, -0.1) is 0 Å². The van der Waals surface area contributed by atoms with Crippen LogP contribution in [-0.2, 0) is 29.7 Å². The van der Waals surface area contributed by atoms with Gasteiger partial charge < -0.3 is 14.2 Å². The molecule has 26 heavy (non-hydrogen) atoms. The van der Waals surface area contributed by atoms with E-state index in [0.717, 1.165) is 38.3 Å². The molecule has 1 spiro atoms. The minimum atomic E-state index is -0.194. The van der Waals surface area contributed by atoms with E-state index in [-0.39, 0.29) is 18.1 Å². The Morgan fingerprint density at radius 1 is 1.15 bits per heavy atom. The Labute approximate surface area is 154 Å². The Balaban J connectivity index is 1.37. The summed E-state index contributed by atoms with van der Waals surface area (Å²) in [6.45, 7) is 4.37. The molecule has 0 bridgehead atoms. The summed E-state index contributed by atoms with van der Waals surface area (Å²) in [5.74, 6) is 1.18. The summed E-state index contributed by atoms with van der Waals surface area (Å²) in [5, 5.41) is 0. The van der Waals surface area contributed by atoms with Crippen LogP contribution in [0.25, 0.3) is 0 Å². The first kappa shape index (κ1) is 17.2. The number of benzene rings is 1. The predicted octanol–water partition coefficient (Wildman–Crippen LogP) is 1.81. The molecular weight excluding hydrogens is 328 g/mol. The number of likely N-dealkylation sites (tertiary alicyclic amines) is 1. The summed E-state index contributed by atoms with van der Waals surface area (Å²) in [5.41, 5.74) is 0.978. The van der Waals surface area contributed by atoms with Gasteiger partial charge in [0.25, 0.3) is 0 Å². The van der Waals surface area contributed by atoms with Gasteiger partial charge >= 0.3 is 0 Å². The van der Waals surface area contributed by atoms with Gasteiger partial charge in [-0.05, 0) is 18.4 Å². The van der Waals surface area contributed by atoms with Crippen molar-refractivity contribution in [1.29, 1.82) is 0 Å². The van der Waals surface area contributed by atoms with E-state index in [2.05, 4.69) is 26.6 Å². The Bertz CT molecular complexity index is 750. The molecule has 2 aromatic rings. The molecule has 2 saturated heterocycles. The number of carbonyl (C=O) groups excluding carboxylic acids is 1. The molecule has 138 valence electrons. The van der Waals surface area contributed by atoms with Crippen molar-refractivity contribution in [3.8, 4) is 0 Å². The van der Waals surface area contributed by atoms with Crippen LogP contribution >= 0.6 is 0 Å². The first-order chi connectivity index (χ1) is 12.6. The third-order valence-corrected chi connectivity index (χ3v) is 5.60. The maximum atomic E-state index is 12.3. The second kappa shape index (κ2) is 7.21. The number of carbonyl (C=O) groups is 1. The Morgan fingerprint density at radius 3 is 2.62 bits per heavy atom. The Hall–Kier alpha value is -2.18. The van der Waals surface area contributed by atoms with Gasteiger partial charge in [-0.2, -0.15) is 0 Å². The highest BCUT2D eigenvalue weighted by Crippen LogP contribution is 2.31. The number of morpholine rings is 1. The topological polar surface area (TPSA) is 50.6 Å². The minimum Gasteiger partial charge on any atom is -0.363 e. The van der Waals surface area contributed by atoms with Crippen LogP contribution in [0, 0.1) is 0 Å². The van der Waals surface area contributed by atoms with Crippen LogP contribution in [-0.4, -0.2) is 57.1 Å². The van der Waals surface area contributed by atoms with Crippen molar-refractivity contribution in [1.82, 2.24) is 19.4 Å². The highest BCUT2D eigenvalue weighted by Gasteiger charge is 2.42. The number of rotatable bonds is 4. The van der Waals surface area contributed by atoms with Crippen molar-refractivity contribution < 1.29 is 9.53 Å². The molecule has 4 rings (SSSR count). The van der Waals surface area contributed by atoms with E-state index in [1.54, 1.807) is 0 Å². The molecule has 1 amide bonds. The lowest BCUT2D eigenvalue weighted by Crippen LogP contribution is -2.58. The third kappa shape index (κ3) is 3.66. The average molecular weight is 354 g/mol. The van der Waals surface area contributed by atoms with Crippen molar-refractivity contribution in [2.45, 2.75) is 31.5 Å². The van der Waals surface area contributed by atoms with E-state index in [1.807, 2.05) is 42.5 Å². The smallest absolute Gasteiger partial charge is 0.248 e. The predicted molar refractivity (Wildman–Crippen MR) is 98.3 cm³/mol. The Kier molecular flexibility index (Phi) is 4.78. The molecule has 2 aliphatic heterocycles. The number of amides is 1. The Morgan fingerprint density at radius 2 is 1.92 bits per heavy atom. The molecule has 3 heterocycles. The van der Waals surface area contributed by atoms with Crippen LogP contribution in [0.2, 0.25) is 0 Å². The minimum absolute atomic E-state index is 0.0925. The van der Waals surface area contributed by atoms with Gasteiger partial charge in [-0.1, -0.05) is 30.3 Å². The van der Waals surface area contributed by atoms with Gasteiger partial charge in [0, 0.05) is 39.1 Å². The molecule has 1 aromatic carbocycles. The lowest BCUT2D eigenvalue weighted by molar-refractivity contribution is -0.172. The maximum Gasteiger partial charge on any atom is 0.248 e. The van der Waals surface area contributed by atoms with E-state index >= 15 is 0 Å². The zero-order valence-corrected chi connectivity index (χ0v) is 15.3. The molecule has 2 fully saturated rings. The van der Waals surface area contributed by atoms with Gasteiger partial charge in [-0.3, -0.25) is 9.69 Å². The van der Waals surface area contributed by atoms with E-state index in [1.165, 1.54) is 5.56 Å². The molecule has 0 unspecified atom stereocenters. The summed E-state index contributed by atoms with van der Waals surface area (Å²) in [6, 6.07) is 10.2. The number of hydrogen-bond donors (Lipinski definition) is 0. The van der Waals surface area contributed by atoms with Crippen LogP contribution in [0.3, 0.4) is 0 Å². The van der Waals surface area contributed by atoms with E-state index in [4.69, 9.17) is 4.74 Å². The fourth-order valence-corrected chi connectivity index (χ4v) is 3.91. The second-order valence-corrected chi connectivity index (χ2v) is 7.44. The zero-order chi connectivity index (χ0) is 18.0. The first-order valence-electron chi connectivity index (χ1n) is 9.28. The van der Waals surface area contributed by atoms with Crippen molar-refractivity contribution in [2.24, 2.45) is 7.05 Å². The third-order valence-electron chi connectivity index (χ3n) is 5.60. The number of hydrogen-bond acceptors (Lipinski definition) is 4. The number of ether oxygens (including phenoxy) is 1. The summed E-state index contributed by atoms with van der Waals surface area (Å²) < 4.78 is 8.13. The molecule has 0 aliphatic carbocycles.